The third kappa shape index (κ3) is 6.06. The van der Waals surface area contributed by atoms with Gasteiger partial charge < -0.3 is 15.2 Å². The van der Waals surface area contributed by atoms with Gasteiger partial charge >= 0.3 is 0 Å². The molecule has 0 atom stereocenters. The van der Waals surface area contributed by atoms with E-state index in [-0.39, 0.29) is 24.6 Å². The van der Waals surface area contributed by atoms with Crippen molar-refractivity contribution in [2.45, 2.75) is 32.5 Å². The number of aliphatic hydroxyl groups excluding tert-OH is 1. The molecule has 0 aliphatic carbocycles. The molecule has 0 amide bonds. The molecule has 0 fully saturated rings. The summed E-state index contributed by atoms with van der Waals surface area (Å²) in [6.45, 7) is 5.33. The SMILES string of the molecule is CC(C)(CO)NCc1cccc(OCc2ccccc2)c1.Cl. The molecule has 120 valence electrons. The van der Waals surface area contributed by atoms with Crippen LogP contribution in [-0.2, 0) is 13.2 Å². The Hall–Kier alpha value is -1.55. The van der Waals surface area contributed by atoms with Crippen LogP contribution in [-0.4, -0.2) is 17.3 Å². The fourth-order valence-corrected chi connectivity index (χ4v) is 1.88. The molecule has 0 aromatic heterocycles. The molecule has 2 N–H and O–H groups in total. The van der Waals surface area contributed by atoms with Gasteiger partial charge in [-0.2, -0.15) is 0 Å². The van der Waals surface area contributed by atoms with Gasteiger partial charge in [0, 0.05) is 12.1 Å². The Morgan fingerprint density at radius 3 is 2.36 bits per heavy atom. The Balaban J connectivity index is 0.00000242. The number of nitrogens with one attached hydrogen (secondary N) is 1. The lowest BCUT2D eigenvalue weighted by molar-refractivity contribution is 0.187. The first-order chi connectivity index (χ1) is 10.1. The van der Waals surface area contributed by atoms with Crippen LogP contribution in [0.15, 0.2) is 54.6 Å². The van der Waals surface area contributed by atoms with Gasteiger partial charge in [-0.25, -0.2) is 0 Å². The van der Waals surface area contributed by atoms with Gasteiger partial charge in [0.2, 0.25) is 0 Å². The highest BCUT2D eigenvalue weighted by Crippen LogP contribution is 2.16. The van der Waals surface area contributed by atoms with Crippen molar-refractivity contribution in [2.75, 3.05) is 6.61 Å². The standard InChI is InChI=1S/C18H23NO2.ClH/c1-18(2,14-20)19-12-16-9-6-10-17(11-16)21-13-15-7-4-3-5-8-15;/h3-11,19-20H,12-14H2,1-2H3;1H. The van der Waals surface area contributed by atoms with Crippen molar-refractivity contribution in [3.8, 4) is 5.75 Å². The van der Waals surface area contributed by atoms with Crippen LogP contribution in [0.2, 0.25) is 0 Å². The average Bonchev–Trinajstić information content (AvgIpc) is 2.53. The first-order valence-corrected chi connectivity index (χ1v) is 7.21. The third-order valence-corrected chi connectivity index (χ3v) is 3.31. The minimum absolute atomic E-state index is 0. The first kappa shape index (κ1) is 18.5. The van der Waals surface area contributed by atoms with Crippen LogP contribution in [0.1, 0.15) is 25.0 Å². The molecule has 22 heavy (non-hydrogen) atoms. The fourth-order valence-electron chi connectivity index (χ4n) is 1.88. The van der Waals surface area contributed by atoms with Gasteiger partial charge in [0.1, 0.15) is 12.4 Å². The van der Waals surface area contributed by atoms with E-state index in [9.17, 15) is 5.11 Å². The monoisotopic (exact) mass is 321 g/mol. The summed E-state index contributed by atoms with van der Waals surface area (Å²) in [6, 6.07) is 18.2. The van der Waals surface area contributed by atoms with E-state index < -0.39 is 0 Å². The summed E-state index contributed by atoms with van der Waals surface area (Å²) >= 11 is 0. The molecule has 2 aromatic rings. The van der Waals surface area contributed by atoms with Crippen LogP contribution in [0.4, 0.5) is 0 Å². The lowest BCUT2D eigenvalue weighted by Gasteiger charge is -2.23. The lowest BCUT2D eigenvalue weighted by Crippen LogP contribution is -2.42. The Labute approximate surface area is 138 Å². The number of halogens is 1. The normalized spacial score (nSPS) is 10.9. The molecule has 0 saturated carbocycles. The zero-order valence-corrected chi connectivity index (χ0v) is 13.9. The van der Waals surface area contributed by atoms with E-state index in [4.69, 9.17) is 4.74 Å². The van der Waals surface area contributed by atoms with Crippen LogP contribution in [0.5, 0.6) is 5.75 Å². The largest absolute Gasteiger partial charge is 0.489 e. The van der Waals surface area contributed by atoms with Crippen molar-refractivity contribution in [3.63, 3.8) is 0 Å². The molecule has 0 saturated heterocycles. The van der Waals surface area contributed by atoms with E-state index in [1.807, 2.05) is 50.2 Å². The maximum atomic E-state index is 9.25. The van der Waals surface area contributed by atoms with E-state index in [0.29, 0.717) is 13.2 Å². The second kappa shape index (κ2) is 8.79. The maximum Gasteiger partial charge on any atom is 0.120 e. The molecule has 2 rings (SSSR count). The quantitative estimate of drug-likeness (QED) is 0.819. The summed E-state index contributed by atoms with van der Waals surface area (Å²) in [5.74, 6) is 0.861. The molecule has 0 aliphatic rings. The van der Waals surface area contributed by atoms with Gasteiger partial charge in [-0.05, 0) is 37.1 Å². The second-order valence-electron chi connectivity index (χ2n) is 5.82. The van der Waals surface area contributed by atoms with Crippen LogP contribution >= 0.6 is 12.4 Å². The van der Waals surface area contributed by atoms with Crippen LogP contribution in [0, 0.1) is 0 Å². The molecule has 0 spiro atoms. The molecule has 0 heterocycles. The zero-order chi connectivity index (χ0) is 15.1. The van der Waals surface area contributed by atoms with Gasteiger partial charge in [-0.15, -0.1) is 12.4 Å². The minimum atomic E-state index is -0.277. The average molecular weight is 322 g/mol. The van der Waals surface area contributed by atoms with Crippen molar-refractivity contribution in [3.05, 3.63) is 65.7 Å². The molecule has 4 heteroatoms. The number of ether oxygens (including phenoxy) is 1. The minimum Gasteiger partial charge on any atom is -0.489 e. The van der Waals surface area contributed by atoms with Gasteiger partial charge in [0.05, 0.1) is 6.61 Å². The molecular formula is C18H24ClNO2. The van der Waals surface area contributed by atoms with Crippen molar-refractivity contribution >= 4 is 12.4 Å². The highest BCUT2D eigenvalue weighted by atomic mass is 35.5. The van der Waals surface area contributed by atoms with Crippen molar-refractivity contribution in [1.29, 1.82) is 0 Å². The Bertz CT molecular complexity index is 558. The van der Waals surface area contributed by atoms with Crippen molar-refractivity contribution < 1.29 is 9.84 Å². The van der Waals surface area contributed by atoms with Gasteiger partial charge in [0.15, 0.2) is 0 Å². The summed E-state index contributed by atoms with van der Waals surface area (Å²) in [6.07, 6.45) is 0. The molecule has 3 nitrogen and oxygen atoms in total. The molecule has 0 bridgehead atoms. The Morgan fingerprint density at radius 1 is 1.00 bits per heavy atom. The molecule has 0 radical (unpaired) electrons. The topological polar surface area (TPSA) is 41.5 Å². The van der Waals surface area contributed by atoms with Crippen LogP contribution in [0.3, 0.4) is 0 Å². The third-order valence-electron chi connectivity index (χ3n) is 3.31. The van der Waals surface area contributed by atoms with Gasteiger partial charge in [-0.1, -0.05) is 42.5 Å². The number of aliphatic hydroxyl groups is 1. The number of hydrogen-bond acceptors (Lipinski definition) is 3. The Kier molecular flexibility index (Phi) is 7.39. The number of benzene rings is 2. The predicted molar refractivity (Wildman–Crippen MR) is 92.5 cm³/mol. The molecule has 0 aliphatic heterocycles. The van der Waals surface area contributed by atoms with E-state index in [1.54, 1.807) is 0 Å². The Morgan fingerprint density at radius 2 is 1.68 bits per heavy atom. The van der Waals surface area contributed by atoms with Crippen LogP contribution < -0.4 is 10.1 Å². The van der Waals surface area contributed by atoms with Crippen molar-refractivity contribution in [1.82, 2.24) is 5.32 Å². The smallest absolute Gasteiger partial charge is 0.120 e. The van der Waals surface area contributed by atoms with Gasteiger partial charge in [0.25, 0.3) is 0 Å². The van der Waals surface area contributed by atoms with E-state index in [0.717, 1.165) is 16.9 Å². The maximum absolute atomic E-state index is 9.25. The summed E-state index contributed by atoms with van der Waals surface area (Å²) in [5.41, 5.74) is 2.02. The van der Waals surface area contributed by atoms with E-state index in [2.05, 4.69) is 23.5 Å². The molecular weight excluding hydrogens is 298 g/mol. The first-order valence-electron chi connectivity index (χ1n) is 7.21. The molecule has 2 aromatic carbocycles. The molecule has 0 unspecified atom stereocenters. The number of hydrogen-bond donors (Lipinski definition) is 2. The number of rotatable bonds is 7. The summed E-state index contributed by atoms with van der Waals surface area (Å²) in [4.78, 5) is 0. The van der Waals surface area contributed by atoms with Gasteiger partial charge in [-0.3, -0.25) is 0 Å². The van der Waals surface area contributed by atoms with E-state index in [1.165, 1.54) is 0 Å². The van der Waals surface area contributed by atoms with Crippen LogP contribution in [0.25, 0.3) is 0 Å². The summed E-state index contributed by atoms with van der Waals surface area (Å²) < 4.78 is 5.81. The summed E-state index contributed by atoms with van der Waals surface area (Å²) in [7, 11) is 0. The highest BCUT2D eigenvalue weighted by molar-refractivity contribution is 5.85. The summed E-state index contributed by atoms with van der Waals surface area (Å²) in [5, 5.41) is 12.6. The predicted octanol–water partition coefficient (Wildman–Crippen LogP) is 3.55. The second-order valence-corrected chi connectivity index (χ2v) is 5.82. The zero-order valence-electron chi connectivity index (χ0n) is 13.1. The van der Waals surface area contributed by atoms with Crippen molar-refractivity contribution in [2.24, 2.45) is 0 Å². The lowest BCUT2D eigenvalue weighted by atomic mass is 10.1. The van der Waals surface area contributed by atoms with E-state index >= 15 is 0 Å². The fraction of sp³-hybridized carbons (Fsp3) is 0.333. The highest BCUT2D eigenvalue weighted by Gasteiger charge is 2.14.